The molecule has 0 unspecified atom stereocenters. The number of amides is 1. The molecule has 3 aromatic rings. The van der Waals surface area contributed by atoms with Gasteiger partial charge in [0.2, 0.25) is 15.9 Å². The molecule has 1 aliphatic heterocycles. The van der Waals surface area contributed by atoms with Gasteiger partial charge in [0.1, 0.15) is 4.88 Å². The predicted octanol–water partition coefficient (Wildman–Crippen LogP) is 4.43. The lowest BCUT2D eigenvalue weighted by Crippen LogP contribution is -2.41. The average Bonchev–Trinajstić information content (AvgIpc) is 3.23. The molecule has 1 aromatic heterocycles. The fourth-order valence-electron chi connectivity index (χ4n) is 3.89. The first-order valence-electron chi connectivity index (χ1n) is 10.9. The standard InChI is InChI=1S/C24H26N2O5S2/c1-3-31-24(28)22-15-18-14-19(6-9-21(18)32-22)25-23(27)17-10-12-26(13-11-17)33(29,30)20-7-4-16(2)5-8-20/h4-9,14-15,17H,3,10-13H2,1-2H3,(H,25,27). The highest BCUT2D eigenvalue weighted by atomic mass is 32.2. The monoisotopic (exact) mass is 486 g/mol. The van der Waals surface area contributed by atoms with E-state index in [2.05, 4.69) is 5.32 Å². The van der Waals surface area contributed by atoms with Crippen molar-refractivity contribution in [2.24, 2.45) is 5.92 Å². The average molecular weight is 487 g/mol. The Kier molecular flexibility index (Phi) is 6.83. The zero-order chi connectivity index (χ0) is 23.6. The molecule has 0 spiro atoms. The smallest absolute Gasteiger partial charge is 0.348 e. The van der Waals surface area contributed by atoms with Gasteiger partial charge in [-0.2, -0.15) is 4.31 Å². The number of rotatable bonds is 6. The molecule has 0 bridgehead atoms. The molecule has 1 aliphatic rings. The van der Waals surface area contributed by atoms with Crippen LogP contribution in [0.4, 0.5) is 5.69 Å². The summed E-state index contributed by atoms with van der Waals surface area (Å²) in [5.41, 5.74) is 1.65. The van der Waals surface area contributed by atoms with E-state index in [9.17, 15) is 18.0 Å². The normalized spacial score (nSPS) is 15.5. The van der Waals surface area contributed by atoms with Crippen LogP contribution in [0.15, 0.2) is 53.4 Å². The Hall–Kier alpha value is -2.75. The zero-order valence-electron chi connectivity index (χ0n) is 18.5. The van der Waals surface area contributed by atoms with Crippen molar-refractivity contribution in [3.63, 3.8) is 0 Å². The molecular weight excluding hydrogens is 460 g/mol. The summed E-state index contributed by atoms with van der Waals surface area (Å²) < 4.78 is 33.2. The maximum atomic E-state index is 12.9. The van der Waals surface area contributed by atoms with Crippen LogP contribution in [0.5, 0.6) is 0 Å². The number of hydrogen-bond acceptors (Lipinski definition) is 6. The second-order valence-corrected chi connectivity index (χ2v) is 11.1. The van der Waals surface area contributed by atoms with Crippen molar-refractivity contribution in [2.75, 3.05) is 25.0 Å². The summed E-state index contributed by atoms with van der Waals surface area (Å²) in [5.74, 6) is -0.734. The Balaban J connectivity index is 1.38. The number of carbonyl (C=O) groups is 2. The molecular formula is C24H26N2O5S2. The summed E-state index contributed by atoms with van der Waals surface area (Å²) in [6.07, 6.45) is 0.926. The second kappa shape index (κ2) is 9.62. The number of aryl methyl sites for hydroxylation is 1. The van der Waals surface area contributed by atoms with Crippen molar-refractivity contribution in [3.05, 3.63) is 59.0 Å². The van der Waals surface area contributed by atoms with E-state index >= 15 is 0 Å². The highest BCUT2D eigenvalue weighted by Crippen LogP contribution is 2.30. The molecule has 9 heteroatoms. The summed E-state index contributed by atoms with van der Waals surface area (Å²) >= 11 is 1.35. The van der Waals surface area contributed by atoms with Crippen LogP contribution in [0.3, 0.4) is 0 Å². The van der Waals surface area contributed by atoms with E-state index in [1.807, 2.05) is 25.1 Å². The number of nitrogens with zero attached hydrogens (tertiary/aromatic N) is 1. The number of piperidine rings is 1. The number of anilines is 1. The number of esters is 1. The minimum Gasteiger partial charge on any atom is -0.462 e. The van der Waals surface area contributed by atoms with Gasteiger partial charge < -0.3 is 10.1 Å². The van der Waals surface area contributed by atoms with Gasteiger partial charge in [0.25, 0.3) is 0 Å². The predicted molar refractivity (Wildman–Crippen MR) is 129 cm³/mol. The lowest BCUT2D eigenvalue weighted by atomic mass is 9.97. The van der Waals surface area contributed by atoms with Gasteiger partial charge in [-0.1, -0.05) is 17.7 Å². The van der Waals surface area contributed by atoms with Gasteiger partial charge in [-0.05, 0) is 68.5 Å². The molecule has 0 radical (unpaired) electrons. The highest BCUT2D eigenvalue weighted by Gasteiger charge is 2.32. The summed E-state index contributed by atoms with van der Waals surface area (Å²) in [5, 5.41) is 3.80. The van der Waals surface area contributed by atoms with Crippen LogP contribution >= 0.6 is 11.3 Å². The number of fused-ring (bicyclic) bond motifs is 1. The Bertz CT molecular complexity index is 1270. The molecule has 1 N–H and O–H groups in total. The number of nitrogens with one attached hydrogen (secondary N) is 1. The molecule has 0 atom stereocenters. The molecule has 2 heterocycles. The lowest BCUT2D eigenvalue weighted by Gasteiger charge is -2.30. The van der Waals surface area contributed by atoms with E-state index in [1.54, 1.807) is 37.3 Å². The van der Waals surface area contributed by atoms with Gasteiger partial charge in [0, 0.05) is 29.4 Å². The van der Waals surface area contributed by atoms with Crippen molar-refractivity contribution in [2.45, 2.75) is 31.6 Å². The van der Waals surface area contributed by atoms with E-state index in [0.29, 0.717) is 43.1 Å². The third kappa shape index (κ3) is 5.10. The number of hydrogen-bond donors (Lipinski definition) is 1. The van der Waals surface area contributed by atoms with Crippen LogP contribution < -0.4 is 5.32 Å². The van der Waals surface area contributed by atoms with E-state index in [0.717, 1.165) is 15.6 Å². The van der Waals surface area contributed by atoms with Gasteiger partial charge in [-0.15, -0.1) is 11.3 Å². The maximum absolute atomic E-state index is 12.9. The Morgan fingerprint density at radius 1 is 1.09 bits per heavy atom. The van der Waals surface area contributed by atoms with Crippen molar-refractivity contribution in [1.29, 1.82) is 0 Å². The van der Waals surface area contributed by atoms with Crippen LogP contribution in [-0.2, 0) is 19.6 Å². The summed E-state index contributed by atoms with van der Waals surface area (Å²) in [6.45, 7) is 4.61. The first-order valence-corrected chi connectivity index (χ1v) is 13.1. The van der Waals surface area contributed by atoms with Crippen LogP contribution in [0.25, 0.3) is 10.1 Å². The summed E-state index contributed by atoms with van der Waals surface area (Å²) in [4.78, 5) is 25.6. The topological polar surface area (TPSA) is 92.8 Å². The van der Waals surface area contributed by atoms with Gasteiger partial charge in [0.15, 0.2) is 0 Å². The molecule has 7 nitrogen and oxygen atoms in total. The number of thiophene rings is 1. The fourth-order valence-corrected chi connectivity index (χ4v) is 6.29. The maximum Gasteiger partial charge on any atom is 0.348 e. The zero-order valence-corrected chi connectivity index (χ0v) is 20.2. The fraction of sp³-hybridized carbons (Fsp3) is 0.333. The van der Waals surface area contributed by atoms with Crippen molar-refractivity contribution in [1.82, 2.24) is 4.31 Å². The molecule has 1 amide bonds. The Morgan fingerprint density at radius 3 is 2.45 bits per heavy atom. The molecule has 33 heavy (non-hydrogen) atoms. The molecule has 4 rings (SSSR count). The third-order valence-corrected chi connectivity index (χ3v) is 8.75. The van der Waals surface area contributed by atoms with Gasteiger partial charge in [-0.25, -0.2) is 13.2 Å². The molecule has 0 saturated carbocycles. The Labute approximate surface area is 197 Å². The van der Waals surface area contributed by atoms with Crippen molar-refractivity contribution in [3.8, 4) is 0 Å². The molecule has 174 valence electrons. The first kappa shape index (κ1) is 23.4. The van der Waals surface area contributed by atoms with E-state index in [1.165, 1.54) is 15.6 Å². The van der Waals surface area contributed by atoms with E-state index in [-0.39, 0.29) is 22.7 Å². The molecule has 2 aromatic carbocycles. The summed E-state index contributed by atoms with van der Waals surface area (Å²) in [7, 11) is -3.56. The van der Waals surface area contributed by atoms with Crippen molar-refractivity contribution >= 4 is 49.0 Å². The Morgan fingerprint density at radius 2 is 1.79 bits per heavy atom. The summed E-state index contributed by atoms with van der Waals surface area (Å²) in [6, 6.07) is 14.1. The third-order valence-electron chi connectivity index (χ3n) is 5.74. The van der Waals surface area contributed by atoms with Crippen molar-refractivity contribution < 1.29 is 22.7 Å². The van der Waals surface area contributed by atoms with Gasteiger partial charge >= 0.3 is 5.97 Å². The number of ether oxygens (including phenoxy) is 1. The van der Waals surface area contributed by atoms with Crippen LogP contribution in [-0.4, -0.2) is 44.3 Å². The second-order valence-electron chi connectivity index (χ2n) is 8.06. The minimum atomic E-state index is -3.56. The number of carbonyl (C=O) groups excluding carboxylic acids is 2. The largest absolute Gasteiger partial charge is 0.462 e. The molecule has 1 saturated heterocycles. The van der Waals surface area contributed by atoms with Gasteiger partial charge in [-0.3, -0.25) is 4.79 Å². The number of sulfonamides is 1. The van der Waals surface area contributed by atoms with E-state index in [4.69, 9.17) is 4.74 Å². The van der Waals surface area contributed by atoms with Crippen LogP contribution in [0.1, 0.15) is 35.0 Å². The first-order chi connectivity index (χ1) is 15.8. The molecule has 0 aliphatic carbocycles. The molecule has 1 fully saturated rings. The van der Waals surface area contributed by atoms with E-state index < -0.39 is 10.0 Å². The number of benzene rings is 2. The minimum absolute atomic E-state index is 0.123. The quantitative estimate of drug-likeness (QED) is 0.521. The lowest BCUT2D eigenvalue weighted by molar-refractivity contribution is -0.120. The van der Waals surface area contributed by atoms with Gasteiger partial charge in [0.05, 0.1) is 11.5 Å². The van der Waals surface area contributed by atoms with Crippen LogP contribution in [0.2, 0.25) is 0 Å². The van der Waals surface area contributed by atoms with Crippen LogP contribution in [0, 0.1) is 12.8 Å². The SMILES string of the molecule is CCOC(=O)c1cc2cc(NC(=O)C3CCN(S(=O)(=O)c4ccc(C)cc4)CC3)ccc2s1. The highest BCUT2D eigenvalue weighted by molar-refractivity contribution is 7.89.